The van der Waals surface area contributed by atoms with Crippen LogP contribution in [0.4, 0.5) is 17.1 Å². The number of rotatable bonds is 11. The molecule has 0 aliphatic heterocycles. The molecular formula is C33H30N4O5S. The second-order valence-electron chi connectivity index (χ2n) is 9.57. The lowest BCUT2D eigenvalue weighted by Gasteiger charge is -2.13. The number of thioether (sulfide) groups is 1. The highest BCUT2D eigenvalue weighted by molar-refractivity contribution is 8.00. The van der Waals surface area contributed by atoms with Crippen molar-refractivity contribution in [3.05, 3.63) is 126 Å². The molecule has 4 aromatic carbocycles. The van der Waals surface area contributed by atoms with Gasteiger partial charge in [-0.15, -0.1) is 11.8 Å². The number of carboxylic acid groups (broad SMARTS) is 1. The smallest absolute Gasteiger partial charge is 0.335 e. The summed E-state index contributed by atoms with van der Waals surface area (Å²) in [4.78, 5) is 52.4. The Morgan fingerprint density at radius 1 is 0.767 bits per heavy atom. The van der Waals surface area contributed by atoms with Crippen LogP contribution in [0.1, 0.15) is 26.3 Å². The van der Waals surface area contributed by atoms with Crippen LogP contribution < -0.4 is 20.9 Å². The summed E-state index contributed by atoms with van der Waals surface area (Å²) in [5.41, 5.74) is 3.23. The topological polar surface area (TPSA) is 128 Å². The molecular weight excluding hydrogens is 564 g/mol. The molecule has 0 spiro atoms. The first-order valence-electron chi connectivity index (χ1n) is 13.2. The molecule has 4 rings (SSSR count). The molecule has 218 valence electrons. The number of carbonyl (C=O) groups excluding carboxylic acids is 3. The van der Waals surface area contributed by atoms with Crippen molar-refractivity contribution in [1.29, 1.82) is 0 Å². The number of carbonyl (C=O) groups is 4. The van der Waals surface area contributed by atoms with Crippen molar-refractivity contribution in [3.8, 4) is 0 Å². The fourth-order valence-corrected chi connectivity index (χ4v) is 4.59. The molecule has 43 heavy (non-hydrogen) atoms. The van der Waals surface area contributed by atoms with Gasteiger partial charge in [-0.25, -0.2) is 4.79 Å². The number of carboxylic acids is 1. The van der Waals surface area contributed by atoms with Gasteiger partial charge in [0.05, 0.1) is 11.3 Å². The van der Waals surface area contributed by atoms with Crippen molar-refractivity contribution in [2.24, 2.45) is 0 Å². The Bertz CT molecular complexity index is 1640. The van der Waals surface area contributed by atoms with E-state index >= 15 is 0 Å². The van der Waals surface area contributed by atoms with Gasteiger partial charge >= 0.3 is 5.97 Å². The zero-order chi connectivity index (χ0) is 30.8. The third kappa shape index (κ3) is 9.07. The Kier molecular flexibility index (Phi) is 10.3. The third-order valence-electron chi connectivity index (χ3n) is 6.12. The summed E-state index contributed by atoms with van der Waals surface area (Å²) in [5, 5.41) is 17.4. The van der Waals surface area contributed by atoms with E-state index in [2.05, 4.69) is 16.0 Å². The van der Waals surface area contributed by atoms with Gasteiger partial charge in [-0.3, -0.25) is 14.4 Å². The molecule has 0 radical (unpaired) electrons. The molecule has 0 heterocycles. The highest BCUT2D eigenvalue weighted by Gasteiger charge is 2.15. The van der Waals surface area contributed by atoms with Gasteiger partial charge in [-0.1, -0.05) is 36.4 Å². The predicted molar refractivity (Wildman–Crippen MR) is 170 cm³/mol. The Labute approximate surface area is 253 Å². The second kappa shape index (κ2) is 14.5. The summed E-state index contributed by atoms with van der Waals surface area (Å²) in [6.07, 6.45) is 1.62. The first-order chi connectivity index (χ1) is 20.7. The van der Waals surface area contributed by atoms with Crippen LogP contribution in [0.5, 0.6) is 0 Å². The monoisotopic (exact) mass is 594 g/mol. The van der Waals surface area contributed by atoms with Crippen LogP contribution in [0.3, 0.4) is 0 Å². The molecule has 0 fully saturated rings. The molecule has 0 atom stereocenters. The number of hydrogen-bond acceptors (Lipinski definition) is 6. The summed E-state index contributed by atoms with van der Waals surface area (Å²) in [6, 6.07) is 29.2. The zero-order valence-corrected chi connectivity index (χ0v) is 24.4. The second-order valence-corrected chi connectivity index (χ2v) is 10.6. The Morgan fingerprint density at radius 2 is 1.44 bits per heavy atom. The molecule has 0 saturated carbocycles. The Hall–Kier alpha value is -5.35. The highest BCUT2D eigenvalue weighted by Crippen LogP contribution is 2.22. The van der Waals surface area contributed by atoms with Crippen LogP contribution >= 0.6 is 11.8 Å². The van der Waals surface area contributed by atoms with E-state index in [1.807, 2.05) is 43.3 Å². The largest absolute Gasteiger partial charge is 0.478 e. The lowest BCUT2D eigenvalue weighted by Crippen LogP contribution is -2.30. The first-order valence-corrected chi connectivity index (χ1v) is 14.2. The van der Waals surface area contributed by atoms with Crippen LogP contribution in [0.25, 0.3) is 6.08 Å². The minimum Gasteiger partial charge on any atom is -0.478 e. The Balaban J connectivity index is 1.41. The zero-order valence-electron chi connectivity index (χ0n) is 23.5. The lowest BCUT2D eigenvalue weighted by atomic mass is 10.1. The summed E-state index contributed by atoms with van der Waals surface area (Å²) in [5.74, 6) is -2.16. The fraction of sp³-hybridized carbons (Fsp3) is 0.0909. The van der Waals surface area contributed by atoms with E-state index in [4.69, 9.17) is 5.11 Å². The summed E-state index contributed by atoms with van der Waals surface area (Å²) in [7, 11) is 3.87. The molecule has 4 aromatic rings. The maximum atomic E-state index is 13.3. The fourth-order valence-electron chi connectivity index (χ4n) is 3.89. The van der Waals surface area contributed by atoms with Crippen molar-refractivity contribution >= 4 is 58.6 Å². The quantitative estimate of drug-likeness (QED) is 0.132. The number of nitrogens with one attached hydrogen (secondary N) is 3. The van der Waals surface area contributed by atoms with E-state index < -0.39 is 17.8 Å². The van der Waals surface area contributed by atoms with Crippen molar-refractivity contribution in [2.45, 2.75) is 4.90 Å². The van der Waals surface area contributed by atoms with E-state index in [1.54, 1.807) is 72.8 Å². The standard InChI is InChI=1S/C33H30N4O5S/c1-37(2)27-15-11-22(12-16-27)19-29(36-31(39)23-7-4-3-5-8-23)32(40)35-25-13-17-28(18-14-25)43-21-30(38)34-26-10-6-9-24(20-26)33(41)42/h3-20H,21H2,1-2H3,(H,34,38)(H,35,40)(H,36,39)(H,41,42)/b29-19-. The molecule has 3 amide bonds. The van der Waals surface area contributed by atoms with E-state index in [-0.39, 0.29) is 22.9 Å². The summed E-state index contributed by atoms with van der Waals surface area (Å²) < 4.78 is 0. The van der Waals surface area contributed by atoms with Gasteiger partial charge in [-0.2, -0.15) is 0 Å². The lowest BCUT2D eigenvalue weighted by molar-refractivity contribution is -0.114. The normalized spacial score (nSPS) is 10.9. The summed E-state index contributed by atoms with van der Waals surface area (Å²) >= 11 is 1.29. The van der Waals surface area contributed by atoms with E-state index in [0.29, 0.717) is 16.9 Å². The number of amides is 3. The molecule has 0 aliphatic carbocycles. The average molecular weight is 595 g/mol. The van der Waals surface area contributed by atoms with Gasteiger partial charge < -0.3 is 26.0 Å². The SMILES string of the molecule is CN(C)c1ccc(/C=C(\NC(=O)c2ccccc2)C(=O)Nc2ccc(SCC(=O)Nc3cccc(C(=O)O)c3)cc2)cc1. The van der Waals surface area contributed by atoms with Gasteiger partial charge in [-0.05, 0) is 78.4 Å². The maximum absolute atomic E-state index is 13.3. The third-order valence-corrected chi connectivity index (χ3v) is 7.14. The number of anilines is 3. The van der Waals surface area contributed by atoms with Crippen molar-refractivity contribution in [3.63, 3.8) is 0 Å². The molecule has 0 aromatic heterocycles. The first kappa shape index (κ1) is 30.6. The highest BCUT2D eigenvalue weighted by atomic mass is 32.2. The molecule has 4 N–H and O–H groups in total. The maximum Gasteiger partial charge on any atom is 0.335 e. The molecule has 0 unspecified atom stereocenters. The van der Waals surface area contributed by atoms with E-state index in [0.717, 1.165) is 16.1 Å². The van der Waals surface area contributed by atoms with Crippen LogP contribution in [0.2, 0.25) is 0 Å². The van der Waals surface area contributed by atoms with Gasteiger partial charge in [0.2, 0.25) is 5.91 Å². The minimum absolute atomic E-state index is 0.0774. The van der Waals surface area contributed by atoms with Gasteiger partial charge in [0.25, 0.3) is 11.8 Å². The van der Waals surface area contributed by atoms with Crippen molar-refractivity contribution in [1.82, 2.24) is 5.32 Å². The number of benzene rings is 4. The van der Waals surface area contributed by atoms with Gasteiger partial charge in [0.15, 0.2) is 0 Å². The molecule has 0 saturated heterocycles. The average Bonchev–Trinajstić information content (AvgIpc) is 3.01. The van der Waals surface area contributed by atoms with E-state index in [1.165, 1.54) is 23.9 Å². The van der Waals surface area contributed by atoms with Gasteiger partial charge in [0.1, 0.15) is 5.70 Å². The molecule has 10 heteroatoms. The molecule has 0 aliphatic rings. The molecule has 9 nitrogen and oxygen atoms in total. The summed E-state index contributed by atoms with van der Waals surface area (Å²) in [6.45, 7) is 0. The Morgan fingerprint density at radius 3 is 2.09 bits per heavy atom. The molecule has 0 bridgehead atoms. The number of nitrogens with zero attached hydrogens (tertiary/aromatic N) is 1. The van der Waals surface area contributed by atoms with Crippen LogP contribution in [-0.2, 0) is 9.59 Å². The van der Waals surface area contributed by atoms with E-state index in [9.17, 15) is 19.2 Å². The number of hydrogen-bond donors (Lipinski definition) is 4. The number of aromatic carboxylic acids is 1. The van der Waals surface area contributed by atoms with Crippen molar-refractivity contribution < 1.29 is 24.3 Å². The van der Waals surface area contributed by atoms with Gasteiger partial charge in [0, 0.05) is 41.6 Å². The van der Waals surface area contributed by atoms with Crippen LogP contribution in [0.15, 0.2) is 114 Å². The minimum atomic E-state index is -1.07. The van der Waals surface area contributed by atoms with Crippen LogP contribution in [-0.4, -0.2) is 48.6 Å². The van der Waals surface area contributed by atoms with Crippen LogP contribution in [0, 0.1) is 0 Å². The van der Waals surface area contributed by atoms with Crippen molar-refractivity contribution in [2.75, 3.05) is 35.4 Å². The predicted octanol–water partition coefficient (Wildman–Crippen LogP) is 5.59.